The molecule has 0 amide bonds. The topological polar surface area (TPSA) is 112 Å². The lowest BCUT2D eigenvalue weighted by Crippen LogP contribution is -2.17. The lowest BCUT2D eigenvalue weighted by atomic mass is 10.0. The van der Waals surface area contributed by atoms with Crippen LogP contribution in [0.5, 0.6) is 11.5 Å². The van der Waals surface area contributed by atoms with Crippen molar-refractivity contribution < 1.29 is 37.0 Å². The third kappa shape index (κ3) is 8.48. The van der Waals surface area contributed by atoms with Gasteiger partial charge in [-0.2, -0.15) is 0 Å². The van der Waals surface area contributed by atoms with Gasteiger partial charge in [0.25, 0.3) is 0 Å². The van der Waals surface area contributed by atoms with Crippen LogP contribution in [0.1, 0.15) is 26.3 Å². The van der Waals surface area contributed by atoms with E-state index < -0.39 is 18.3 Å². The van der Waals surface area contributed by atoms with Crippen molar-refractivity contribution in [3.05, 3.63) is 143 Å². The third-order valence-electron chi connectivity index (χ3n) is 7.75. The molecular weight excluding hydrogens is 697 g/mol. The van der Waals surface area contributed by atoms with E-state index in [1.165, 1.54) is 54.9 Å². The second-order valence-electron chi connectivity index (χ2n) is 11.3. The fraction of sp³-hybridized carbons (Fsp3) is 0.0769. The largest absolute Gasteiger partial charge is 0.573 e. The SMILES string of the molecule is COc1cccc(-c2ccc(Nc3ncccc3C(=O)OC(=O)c3cccnc3Nc3ccc(-c4cccc(OC(F)(F)F)c4)cc3C)c(Cl)c2)c1. The van der Waals surface area contributed by atoms with Crippen molar-refractivity contribution in [3.8, 4) is 33.8 Å². The highest BCUT2D eigenvalue weighted by Crippen LogP contribution is 2.34. The van der Waals surface area contributed by atoms with Crippen LogP contribution in [-0.2, 0) is 4.74 Å². The van der Waals surface area contributed by atoms with E-state index in [9.17, 15) is 22.8 Å². The molecule has 0 spiro atoms. The number of carbonyl (C=O) groups is 2. The van der Waals surface area contributed by atoms with Crippen LogP contribution < -0.4 is 20.1 Å². The average Bonchev–Trinajstić information content (AvgIpc) is 3.13. The maximum atomic E-state index is 13.4. The molecule has 0 aliphatic rings. The van der Waals surface area contributed by atoms with E-state index >= 15 is 0 Å². The molecule has 9 nitrogen and oxygen atoms in total. The van der Waals surface area contributed by atoms with Gasteiger partial charge in [-0.3, -0.25) is 0 Å². The molecule has 2 heterocycles. The molecule has 52 heavy (non-hydrogen) atoms. The fourth-order valence-electron chi connectivity index (χ4n) is 5.24. The first kappa shape index (κ1) is 35.4. The molecule has 0 fully saturated rings. The Morgan fingerprint density at radius 2 is 1.17 bits per heavy atom. The lowest BCUT2D eigenvalue weighted by molar-refractivity contribution is -0.274. The number of methoxy groups -OCH3 is 1. The zero-order valence-electron chi connectivity index (χ0n) is 27.5. The highest BCUT2D eigenvalue weighted by molar-refractivity contribution is 6.33. The normalized spacial score (nSPS) is 11.0. The number of hydrogen-bond donors (Lipinski definition) is 2. The maximum absolute atomic E-state index is 13.4. The van der Waals surface area contributed by atoms with E-state index in [0.29, 0.717) is 38.8 Å². The summed E-state index contributed by atoms with van der Waals surface area (Å²) in [5, 5.41) is 6.50. The summed E-state index contributed by atoms with van der Waals surface area (Å²) in [5.41, 5.74) is 4.57. The van der Waals surface area contributed by atoms with Gasteiger partial charge in [-0.05, 0) is 108 Å². The zero-order valence-corrected chi connectivity index (χ0v) is 28.3. The minimum absolute atomic E-state index is 0.0154. The summed E-state index contributed by atoms with van der Waals surface area (Å²) >= 11 is 6.61. The van der Waals surface area contributed by atoms with E-state index in [1.54, 1.807) is 50.4 Å². The summed E-state index contributed by atoms with van der Waals surface area (Å²) in [6.07, 6.45) is -1.88. The third-order valence-corrected chi connectivity index (χ3v) is 8.06. The number of halogens is 4. The van der Waals surface area contributed by atoms with Crippen LogP contribution in [0.3, 0.4) is 0 Å². The standard InChI is InChI=1S/C39H28ClF3N4O5/c1-23-19-26(25-8-4-10-29(21-25)52-39(41,42)43)13-15-33(23)46-35-30(11-5-17-44-35)37(48)51-38(49)31-12-6-18-45-36(31)47-34-16-14-27(22-32(34)40)24-7-3-9-28(20-24)50-2/h3-22H,1-2H3,(H,44,46)(H,45,47). The second-order valence-corrected chi connectivity index (χ2v) is 11.7. The van der Waals surface area contributed by atoms with Crippen LogP contribution >= 0.6 is 11.6 Å². The van der Waals surface area contributed by atoms with Crippen LogP contribution in [0.25, 0.3) is 22.3 Å². The van der Waals surface area contributed by atoms with Crippen molar-refractivity contribution in [3.63, 3.8) is 0 Å². The molecule has 0 radical (unpaired) electrons. The van der Waals surface area contributed by atoms with Gasteiger partial charge in [0, 0.05) is 18.1 Å². The van der Waals surface area contributed by atoms with Crippen LogP contribution in [0.2, 0.25) is 5.02 Å². The van der Waals surface area contributed by atoms with Gasteiger partial charge in [-0.25, -0.2) is 19.6 Å². The number of ether oxygens (including phenoxy) is 3. The Morgan fingerprint density at radius 1 is 0.654 bits per heavy atom. The number of nitrogens with one attached hydrogen (secondary N) is 2. The first-order valence-corrected chi connectivity index (χ1v) is 16.0. The molecule has 6 rings (SSSR count). The summed E-state index contributed by atoms with van der Waals surface area (Å²) < 4.78 is 52.8. The number of rotatable bonds is 10. The Bertz CT molecular complexity index is 2280. The van der Waals surface area contributed by atoms with Crippen molar-refractivity contribution >= 4 is 46.6 Å². The van der Waals surface area contributed by atoms with Crippen molar-refractivity contribution in [2.45, 2.75) is 13.3 Å². The molecule has 6 aromatic rings. The van der Waals surface area contributed by atoms with Crippen molar-refractivity contribution in [2.24, 2.45) is 0 Å². The Labute approximate surface area is 301 Å². The van der Waals surface area contributed by atoms with Crippen LogP contribution in [0.15, 0.2) is 122 Å². The monoisotopic (exact) mass is 724 g/mol. The first-order valence-electron chi connectivity index (χ1n) is 15.6. The van der Waals surface area contributed by atoms with Crippen LogP contribution in [0, 0.1) is 6.92 Å². The molecule has 2 aromatic heterocycles. The zero-order chi connectivity index (χ0) is 36.8. The molecule has 0 saturated heterocycles. The number of anilines is 4. The molecule has 0 aliphatic carbocycles. The Hall–Kier alpha value is -6.40. The highest BCUT2D eigenvalue weighted by Gasteiger charge is 2.31. The van der Waals surface area contributed by atoms with E-state index in [2.05, 4.69) is 25.3 Å². The Morgan fingerprint density at radius 3 is 1.73 bits per heavy atom. The number of carbonyl (C=O) groups excluding carboxylic acids is 2. The van der Waals surface area contributed by atoms with Gasteiger partial charge >= 0.3 is 18.3 Å². The molecule has 0 aliphatic heterocycles. The van der Waals surface area contributed by atoms with Crippen molar-refractivity contribution in [2.75, 3.05) is 17.7 Å². The number of pyridine rings is 2. The molecule has 13 heteroatoms. The number of hydrogen-bond acceptors (Lipinski definition) is 9. The van der Waals surface area contributed by atoms with Gasteiger partial charge in [-0.1, -0.05) is 48.0 Å². The quantitative estimate of drug-likeness (QED) is 0.105. The van der Waals surface area contributed by atoms with E-state index in [-0.39, 0.29) is 28.5 Å². The molecule has 2 N–H and O–H groups in total. The minimum Gasteiger partial charge on any atom is -0.497 e. The van der Waals surface area contributed by atoms with Crippen LogP contribution in [0.4, 0.5) is 36.2 Å². The molecule has 0 unspecified atom stereocenters. The number of esters is 2. The molecule has 0 atom stereocenters. The smallest absolute Gasteiger partial charge is 0.497 e. The van der Waals surface area contributed by atoms with E-state index in [0.717, 1.165) is 11.1 Å². The molecule has 0 saturated carbocycles. The maximum Gasteiger partial charge on any atom is 0.573 e. The van der Waals surface area contributed by atoms with Gasteiger partial charge in [0.05, 0.1) is 17.8 Å². The molecule has 0 bridgehead atoms. The van der Waals surface area contributed by atoms with Gasteiger partial charge in [-0.15, -0.1) is 13.2 Å². The van der Waals surface area contributed by atoms with Gasteiger partial charge in [0.1, 0.15) is 34.3 Å². The number of benzene rings is 4. The van der Waals surface area contributed by atoms with Gasteiger partial charge < -0.3 is 24.8 Å². The van der Waals surface area contributed by atoms with Crippen LogP contribution in [-0.4, -0.2) is 35.4 Å². The number of aromatic nitrogens is 2. The summed E-state index contributed by atoms with van der Waals surface area (Å²) in [6.45, 7) is 1.78. The summed E-state index contributed by atoms with van der Waals surface area (Å²) in [7, 11) is 1.59. The minimum atomic E-state index is -4.81. The van der Waals surface area contributed by atoms with Gasteiger partial charge in [0.2, 0.25) is 0 Å². The number of aryl methyl sites for hydroxylation is 1. The fourth-order valence-corrected chi connectivity index (χ4v) is 5.47. The average molecular weight is 725 g/mol. The molecular formula is C39H28ClF3N4O5. The highest BCUT2D eigenvalue weighted by atomic mass is 35.5. The Balaban J connectivity index is 1.17. The summed E-state index contributed by atoms with van der Waals surface area (Å²) in [5.74, 6) is -1.33. The van der Waals surface area contributed by atoms with Gasteiger partial charge in [0.15, 0.2) is 0 Å². The van der Waals surface area contributed by atoms with E-state index in [1.807, 2.05) is 30.3 Å². The first-order chi connectivity index (χ1) is 25.0. The Kier molecular flexibility index (Phi) is 10.4. The van der Waals surface area contributed by atoms with Crippen molar-refractivity contribution in [1.82, 2.24) is 9.97 Å². The predicted molar refractivity (Wildman–Crippen MR) is 192 cm³/mol. The molecule has 262 valence electrons. The number of alkyl halides is 3. The van der Waals surface area contributed by atoms with Crippen molar-refractivity contribution in [1.29, 1.82) is 0 Å². The number of nitrogens with zero attached hydrogens (tertiary/aromatic N) is 2. The summed E-state index contributed by atoms with van der Waals surface area (Å²) in [4.78, 5) is 35.2. The molecule has 4 aromatic carbocycles. The second kappa shape index (κ2) is 15.2. The predicted octanol–water partition coefficient (Wildman–Crippen LogP) is 10.2. The summed E-state index contributed by atoms with van der Waals surface area (Å²) in [6, 6.07) is 29.6. The lowest BCUT2D eigenvalue weighted by Gasteiger charge is -2.15. The van der Waals surface area contributed by atoms with E-state index in [4.69, 9.17) is 21.1 Å².